The fraction of sp³-hybridized carbons (Fsp3) is 0.438. The first-order valence-corrected chi connectivity index (χ1v) is 7.15. The molecule has 0 radical (unpaired) electrons. The molecule has 1 aliphatic heterocycles. The Hall–Kier alpha value is -1.61. The van der Waals surface area contributed by atoms with Crippen molar-refractivity contribution in [3.8, 4) is 0 Å². The van der Waals surface area contributed by atoms with E-state index in [4.69, 9.17) is 0 Å². The van der Waals surface area contributed by atoms with Crippen LogP contribution in [-0.4, -0.2) is 22.1 Å². The molecule has 0 bridgehead atoms. The maximum absolute atomic E-state index is 4.69. The molecule has 19 heavy (non-hydrogen) atoms. The predicted molar refractivity (Wildman–Crippen MR) is 80.0 cm³/mol. The first-order chi connectivity index (χ1) is 9.24. The molecule has 1 N–H and O–H groups in total. The number of fused-ring (bicyclic) bond motifs is 1. The van der Waals surface area contributed by atoms with Crippen molar-refractivity contribution < 1.29 is 0 Å². The molecule has 2 aromatic rings. The molecular formula is C16H21N3. The Bertz CT molecular complexity index is 557. The number of benzene rings is 1. The Balaban J connectivity index is 1.84. The van der Waals surface area contributed by atoms with Crippen LogP contribution in [0.2, 0.25) is 0 Å². The summed E-state index contributed by atoms with van der Waals surface area (Å²) >= 11 is 0. The van der Waals surface area contributed by atoms with Gasteiger partial charge >= 0.3 is 0 Å². The molecule has 3 nitrogen and oxygen atoms in total. The fourth-order valence-electron chi connectivity index (χ4n) is 2.90. The molecular weight excluding hydrogens is 234 g/mol. The first kappa shape index (κ1) is 12.4. The molecule has 0 amide bonds. The van der Waals surface area contributed by atoms with Crippen molar-refractivity contribution in [3.05, 3.63) is 36.4 Å². The molecule has 0 saturated carbocycles. The number of anilines is 1. The lowest BCUT2D eigenvalue weighted by molar-refractivity contribution is 0.135. The average Bonchev–Trinajstić information content (AvgIpc) is 2.43. The summed E-state index contributed by atoms with van der Waals surface area (Å²) in [5.74, 6) is 0.944. The number of piperidine rings is 1. The van der Waals surface area contributed by atoms with Crippen molar-refractivity contribution in [2.75, 3.05) is 5.43 Å². The van der Waals surface area contributed by atoms with Gasteiger partial charge in [-0.05, 0) is 44.9 Å². The maximum Gasteiger partial charge on any atom is 0.141 e. The third-order valence-corrected chi connectivity index (χ3v) is 4.04. The van der Waals surface area contributed by atoms with E-state index in [1.165, 1.54) is 24.6 Å². The summed E-state index contributed by atoms with van der Waals surface area (Å²) in [6, 6.07) is 13.6. The molecule has 0 aliphatic carbocycles. The van der Waals surface area contributed by atoms with Crippen LogP contribution in [0.5, 0.6) is 0 Å². The van der Waals surface area contributed by atoms with Gasteiger partial charge in [-0.1, -0.05) is 24.6 Å². The second kappa shape index (κ2) is 5.17. The van der Waals surface area contributed by atoms with Gasteiger partial charge in [-0.2, -0.15) is 0 Å². The zero-order valence-corrected chi connectivity index (χ0v) is 11.6. The molecule has 3 heteroatoms. The van der Waals surface area contributed by atoms with E-state index in [1.54, 1.807) is 0 Å². The lowest BCUT2D eigenvalue weighted by Crippen LogP contribution is -2.47. The number of nitrogens with one attached hydrogen (secondary N) is 1. The maximum atomic E-state index is 4.69. The predicted octanol–water partition coefficient (Wildman–Crippen LogP) is 3.82. The zero-order valence-electron chi connectivity index (χ0n) is 11.6. The second-order valence-corrected chi connectivity index (χ2v) is 5.54. The summed E-state index contributed by atoms with van der Waals surface area (Å²) in [4.78, 5) is 4.69. The van der Waals surface area contributed by atoms with Gasteiger partial charge < -0.3 is 5.43 Å². The molecule has 1 aromatic heterocycles. The van der Waals surface area contributed by atoms with Gasteiger partial charge in [-0.3, -0.25) is 0 Å². The molecule has 3 rings (SSSR count). The highest BCUT2D eigenvalue weighted by atomic mass is 15.5. The van der Waals surface area contributed by atoms with Gasteiger partial charge in [0, 0.05) is 17.5 Å². The quantitative estimate of drug-likeness (QED) is 0.884. The van der Waals surface area contributed by atoms with Gasteiger partial charge in [0.1, 0.15) is 5.82 Å². The second-order valence-electron chi connectivity index (χ2n) is 5.54. The zero-order chi connectivity index (χ0) is 13.2. The number of para-hydroxylation sites is 1. The van der Waals surface area contributed by atoms with Gasteiger partial charge in [0.25, 0.3) is 0 Å². The standard InChI is InChI=1S/C16H21N3/c1-12-6-5-7-13(2)19(12)18-16-11-10-14-8-3-4-9-15(14)17-16/h3-4,8-13H,5-7H2,1-2H3,(H,17,18). The normalized spacial score (nSPS) is 24.5. The average molecular weight is 255 g/mol. The smallest absolute Gasteiger partial charge is 0.141 e. The third kappa shape index (κ3) is 2.56. The molecule has 2 unspecified atom stereocenters. The molecule has 2 atom stereocenters. The Labute approximate surface area is 114 Å². The first-order valence-electron chi connectivity index (χ1n) is 7.15. The highest BCUT2D eigenvalue weighted by Gasteiger charge is 2.24. The molecule has 1 aliphatic rings. The molecule has 0 spiro atoms. The topological polar surface area (TPSA) is 28.2 Å². The van der Waals surface area contributed by atoms with Gasteiger partial charge in [-0.25, -0.2) is 9.99 Å². The van der Waals surface area contributed by atoms with Crippen LogP contribution in [0.4, 0.5) is 5.82 Å². The van der Waals surface area contributed by atoms with Crippen molar-refractivity contribution in [2.24, 2.45) is 0 Å². The molecule has 1 fully saturated rings. The fourth-order valence-corrected chi connectivity index (χ4v) is 2.90. The number of hydrazine groups is 1. The molecule has 2 heterocycles. The van der Waals surface area contributed by atoms with E-state index in [2.05, 4.69) is 53.5 Å². The van der Waals surface area contributed by atoms with Crippen LogP contribution < -0.4 is 5.43 Å². The Morgan fingerprint density at radius 3 is 2.58 bits per heavy atom. The number of hydrogen-bond acceptors (Lipinski definition) is 3. The highest BCUT2D eigenvalue weighted by Crippen LogP contribution is 2.23. The van der Waals surface area contributed by atoms with Crippen LogP contribution in [0.1, 0.15) is 33.1 Å². The Morgan fingerprint density at radius 1 is 1.05 bits per heavy atom. The summed E-state index contributed by atoms with van der Waals surface area (Å²) < 4.78 is 0. The summed E-state index contributed by atoms with van der Waals surface area (Å²) in [5, 5.41) is 3.54. The van der Waals surface area contributed by atoms with E-state index in [9.17, 15) is 0 Å². The van der Waals surface area contributed by atoms with Crippen LogP contribution in [0.15, 0.2) is 36.4 Å². The van der Waals surface area contributed by atoms with Crippen LogP contribution in [0.3, 0.4) is 0 Å². The van der Waals surface area contributed by atoms with Gasteiger partial charge in [0.05, 0.1) is 5.52 Å². The number of rotatable bonds is 2. The number of pyridine rings is 1. The van der Waals surface area contributed by atoms with Crippen molar-refractivity contribution in [1.29, 1.82) is 0 Å². The number of aromatic nitrogens is 1. The SMILES string of the molecule is CC1CCCC(C)N1Nc1ccc2ccccc2n1. The van der Waals surface area contributed by atoms with Crippen LogP contribution in [-0.2, 0) is 0 Å². The van der Waals surface area contributed by atoms with Crippen molar-refractivity contribution in [1.82, 2.24) is 9.99 Å². The molecule has 1 saturated heterocycles. The van der Waals surface area contributed by atoms with Gasteiger partial charge in [-0.15, -0.1) is 0 Å². The van der Waals surface area contributed by atoms with Gasteiger partial charge in [0.15, 0.2) is 0 Å². The minimum absolute atomic E-state index is 0.567. The minimum Gasteiger partial charge on any atom is -0.303 e. The lowest BCUT2D eigenvalue weighted by atomic mass is 10.00. The van der Waals surface area contributed by atoms with E-state index in [0.29, 0.717) is 12.1 Å². The van der Waals surface area contributed by atoms with E-state index in [0.717, 1.165) is 11.3 Å². The van der Waals surface area contributed by atoms with Crippen molar-refractivity contribution in [3.63, 3.8) is 0 Å². The summed E-state index contributed by atoms with van der Waals surface area (Å²) in [7, 11) is 0. The Kier molecular flexibility index (Phi) is 3.38. The van der Waals surface area contributed by atoms with E-state index in [-0.39, 0.29) is 0 Å². The summed E-state index contributed by atoms with van der Waals surface area (Å²) in [6.07, 6.45) is 3.83. The van der Waals surface area contributed by atoms with E-state index in [1.807, 2.05) is 12.1 Å². The summed E-state index contributed by atoms with van der Waals surface area (Å²) in [5.41, 5.74) is 4.54. The minimum atomic E-state index is 0.567. The third-order valence-electron chi connectivity index (χ3n) is 4.04. The number of nitrogens with zero attached hydrogens (tertiary/aromatic N) is 2. The summed E-state index contributed by atoms with van der Waals surface area (Å²) in [6.45, 7) is 4.56. The van der Waals surface area contributed by atoms with Crippen molar-refractivity contribution in [2.45, 2.75) is 45.2 Å². The van der Waals surface area contributed by atoms with Crippen LogP contribution in [0.25, 0.3) is 10.9 Å². The van der Waals surface area contributed by atoms with Crippen molar-refractivity contribution >= 4 is 16.7 Å². The Morgan fingerprint density at radius 2 is 1.79 bits per heavy atom. The molecule has 1 aromatic carbocycles. The lowest BCUT2D eigenvalue weighted by Gasteiger charge is -2.39. The van der Waals surface area contributed by atoms with Crippen LogP contribution in [0, 0.1) is 0 Å². The van der Waals surface area contributed by atoms with Crippen LogP contribution >= 0.6 is 0 Å². The van der Waals surface area contributed by atoms with E-state index < -0.39 is 0 Å². The number of hydrogen-bond donors (Lipinski definition) is 1. The highest BCUT2D eigenvalue weighted by molar-refractivity contribution is 5.79. The van der Waals surface area contributed by atoms with Gasteiger partial charge in [0.2, 0.25) is 0 Å². The molecule has 100 valence electrons. The largest absolute Gasteiger partial charge is 0.303 e. The monoisotopic (exact) mass is 255 g/mol. The van der Waals surface area contributed by atoms with E-state index >= 15 is 0 Å².